The molecular formula is C13H15N3O3S. The highest BCUT2D eigenvalue weighted by Gasteiger charge is 2.16. The van der Waals surface area contributed by atoms with Gasteiger partial charge in [-0.1, -0.05) is 19.1 Å². The van der Waals surface area contributed by atoms with E-state index in [9.17, 15) is 13.2 Å². The molecule has 0 unspecified atom stereocenters. The fourth-order valence-corrected chi connectivity index (χ4v) is 2.80. The molecule has 0 aliphatic carbocycles. The second-order valence-corrected chi connectivity index (χ2v) is 6.00. The van der Waals surface area contributed by atoms with Crippen molar-refractivity contribution in [3.63, 3.8) is 0 Å². The Labute approximate surface area is 117 Å². The minimum absolute atomic E-state index is 0.0562. The molecule has 0 saturated heterocycles. The van der Waals surface area contributed by atoms with Crippen molar-refractivity contribution < 1.29 is 13.2 Å². The van der Waals surface area contributed by atoms with Gasteiger partial charge in [0.2, 0.25) is 0 Å². The number of aromatic nitrogens is 2. The minimum atomic E-state index is -3.72. The van der Waals surface area contributed by atoms with Crippen LogP contribution >= 0.6 is 0 Å². The molecular weight excluding hydrogens is 278 g/mol. The van der Waals surface area contributed by atoms with Gasteiger partial charge in [-0.15, -0.1) is 0 Å². The number of nitrogens with zero attached hydrogens (tertiary/aromatic N) is 2. The molecule has 0 radical (unpaired) electrons. The van der Waals surface area contributed by atoms with Crippen molar-refractivity contribution >= 4 is 21.5 Å². The fourth-order valence-electron chi connectivity index (χ4n) is 1.73. The maximum absolute atomic E-state index is 12.2. The summed E-state index contributed by atoms with van der Waals surface area (Å²) in [6.07, 6.45) is 3.30. The second kappa shape index (κ2) is 5.46. The summed E-state index contributed by atoms with van der Waals surface area (Å²) in [5.74, 6) is -0.0940. The van der Waals surface area contributed by atoms with Crippen molar-refractivity contribution in [3.8, 4) is 0 Å². The van der Waals surface area contributed by atoms with Crippen molar-refractivity contribution in [2.45, 2.75) is 18.2 Å². The maximum atomic E-state index is 12.2. The van der Waals surface area contributed by atoms with E-state index in [1.54, 1.807) is 32.3 Å². The van der Waals surface area contributed by atoms with Crippen LogP contribution in [0.25, 0.3) is 0 Å². The lowest BCUT2D eigenvalue weighted by Crippen LogP contribution is -2.13. The number of aryl methyl sites for hydroxylation is 1. The van der Waals surface area contributed by atoms with E-state index in [-0.39, 0.29) is 10.7 Å². The predicted molar refractivity (Wildman–Crippen MR) is 75.1 cm³/mol. The number of carbonyl (C=O) groups excluding carboxylic acids is 1. The number of rotatable bonds is 5. The molecule has 0 saturated carbocycles. The van der Waals surface area contributed by atoms with Crippen LogP contribution in [0.5, 0.6) is 0 Å². The van der Waals surface area contributed by atoms with Crippen molar-refractivity contribution in [3.05, 3.63) is 42.2 Å². The van der Waals surface area contributed by atoms with Gasteiger partial charge < -0.3 is 0 Å². The van der Waals surface area contributed by atoms with Crippen molar-refractivity contribution in [2.75, 3.05) is 4.72 Å². The Morgan fingerprint density at radius 2 is 2.15 bits per heavy atom. The Hall–Kier alpha value is -2.15. The number of sulfonamides is 1. The Morgan fingerprint density at radius 1 is 1.40 bits per heavy atom. The van der Waals surface area contributed by atoms with Gasteiger partial charge in [-0.05, 0) is 12.1 Å². The number of nitrogens with one attached hydrogen (secondary N) is 1. The lowest BCUT2D eigenvalue weighted by atomic mass is 10.1. The Balaban J connectivity index is 2.32. The first kappa shape index (κ1) is 14.3. The molecule has 6 nitrogen and oxygen atoms in total. The molecule has 7 heteroatoms. The summed E-state index contributed by atoms with van der Waals surface area (Å²) in [6.45, 7) is 1.73. The number of anilines is 1. The third-order valence-corrected chi connectivity index (χ3v) is 4.12. The molecule has 0 bridgehead atoms. The molecule has 2 rings (SSSR count). The summed E-state index contributed by atoms with van der Waals surface area (Å²) >= 11 is 0. The molecule has 0 spiro atoms. The lowest BCUT2D eigenvalue weighted by molar-refractivity contribution is 0.0988. The summed E-state index contributed by atoms with van der Waals surface area (Å²) in [4.78, 5) is 11.7. The van der Waals surface area contributed by atoms with Gasteiger partial charge in [0, 0.05) is 25.2 Å². The molecule has 0 aliphatic heterocycles. The monoisotopic (exact) mass is 293 g/mol. The first-order chi connectivity index (χ1) is 9.42. The van der Waals surface area contributed by atoms with Gasteiger partial charge in [-0.2, -0.15) is 5.10 Å². The predicted octanol–water partition coefficient (Wildman–Crippen LogP) is 1.81. The number of benzene rings is 1. The van der Waals surface area contributed by atoms with Gasteiger partial charge in [0.05, 0.1) is 16.8 Å². The smallest absolute Gasteiger partial charge is 0.262 e. The Kier molecular flexibility index (Phi) is 3.89. The molecule has 1 aromatic heterocycles. The average molecular weight is 293 g/mol. The molecule has 1 N–H and O–H groups in total. The Bertz CT molecular complexity index is 735. The standard InChI is InChI=1S/C13H15N3O3S/c1-3-13(17)10-5-4-6-12(7-10)20(18,19)15-11-8-14-16(2)9-11/h4-9,15H,3H2,1-2H3. The van der Waals surface area contributed by atoms with Crippen molar-refractivity contribution in [2.24, 2.45) is 7.05 Å². The number of hydrogen-bond acceptors (Lipinski definition) is 4. The van der Waals surface area contributed by atoms with E-state index in [1.807, 2.05) is 0 Å². The highest BCUT2D eigenvalue weighted by Crippen LogP contribution is 2.17. The number of Topliss-reactive ketones (excluding diaryl/α,β-unsaturated/α-hetero) is 1. The first-order valence-electron chi connectivity index (χ1n) is 6.07. The van der Waals surface area contributed by atoms with E-state index >= 15 is 0 Å². The van der Waals surface area contributed by atoms with Crippen LogP contribution in [0.2, 0.25) is 0 Å². The van der Waals surface area contributed by atoms with E-state index in [1.165, 1.54) is 23.0 Å². The van der Waals surface area contributed by atoms with Gasteiger partial charge in [-0.25, -0.2) is 8.42 Å². The largest absolute Gasteiger partial charge is 0.294 e. The average Bonchev–Trinajstić information content (AvgIpc) is 2.82. The molecule has 0 fully saturated rings. The van der Waals surface area contributed by atoms with Crippen LogP contribution in [0.4, 0.5) is 5.69 Å². The molecule has 0 aliphatic rings. The van der Waals surface area contributed by atoms with Crippen molar-refractivity contribution in [1.29, 1.82) is 0 Å². The lowest BCUT2D eigenvalue weighted by Gasteiger charge is -2.07. The van der Waals surface area contributed by atoms with E-state index in [0.717, 1.165) is 0 Å². The van der Waals surface area contributed by atoms with E-state index < -0.39 is 10.0 Å². The molecule has 1 heterocycles. The zero-order valence-electron chi connectivity index (χ0n) is 11.2. The molecule has 0 atom stereocenters. The number of carbonyl (C=O) groups is 1. The molecule has 0 amide bonds. The van der Waals surface area contributed by atoms with Crippen LogP contribution in [0, 0.1) is 0 Å². The third-order valence-electron chi connectivity index (χ3n) is 2.74. The highest BCUT2D eigenvalue weighted by atomic mass is 32.2. The summed E-state index contributed by atoms with van der Waals surface area (Å²) in [7, 11) is -2.03. The van der Waals surface area contributed by atoms with E-state index in [4.69, 9.17) is 0 Å². The maximum Gasteiger partial charge on any atom is 0.262 e. The zero-order chi connectivity index (χ0) is 14.8. The van der Waals surface area contributed by atoms with E-state index in [0.29, 0.717) is 17.7 Å². The van der Waals surface area contributed by atoms with Gasteiger partial charge in [0.15, 0.2) is 5.78 Å². The third kappa shape index (κ3) is 3.05. The second-order valence-electron chi connectivity index (χ2n) is 4.31. The quantitative estimate of drug-likeness (QED) is 0.852. The molecule has 1 aromatic carbocycles. The van der Waals surface area contributed by atoms with E-state index in [2.05, 4.69) is 9.82 Å². The normalized spacial score (nSPS) is 11.3. The van der Waals surface area contributed by atoms with Gasteiger partial charge in [0.1, 0.15) is 0 Å². The summed E-state index contributed by atoms with van der Waals surface area (Å²) in [6, 6.07) is 5.99. The SMILES string of the molecule is CCC(=O)c1cccc(S(=O)(=O)Nc2cnn(C)c2)c1. The number of hydrogen-bond donors (Lipinski definition) is 1. The van der Waals surface area contributed by atoms with Crippen molar-refractivity contribution in [1.82, 2.24) is 9.78 Å². The summed E-state index contributed by atoms with van der Waals surface area (Å²) in [5.41, 5.74) is 0.765. The Morgan fingerprint density at radius 3 is 2.75 bits per heavy atom. The van der Waals surface area contributed by atoms with Crippen LogP contribution in [0.1, 0.15) is 23.7 Å². The van der Waals surface area contributed by atoms with Crippen LogP contribution in [-0.2, 0) is 17.1 Å². The van der Waals surface area contributed by atoms with Gasteiger partial charge >= 0.3 is 0 Å². The van der Waals surface area contributed by atoms with Gasteiger partial charge in [-0.3, -0.25) is 14.2 Å². The minimum Gasteiger partial charge on any atom is -0.294 e. The highest BCUT2D eigenvalue weighted by molar-refractivity contribution is 7.92. The molecule has 106 valence electrons. The summed E-state index contributed by atoms with van der Waals surface area (Å²) in [5, 5.41) is 3.89. The topological polar surface area (TPSA) is 81.1 Å². The van der Waals surface area contributed by atoms with Crippen LogP contribution < -0.4 is 4.72 Å². The molecule has 20 heavy (non-hydrogen) atoms. The summed E-state index contributed by atoms with van der Waals surface area (Å²) < 4.78 is 28.3. The fraction of sp³-hybridized carbons (Fsp3) is 0.231. The van der Waals surface area contributed by atoms with Gasteiger partial charge in [0.25, 0.3) is 10.0 Å². The zero-order valence-corrected chi connectivity index (χ0v) is 12.0. The number of ketones is 1. The molecule has 2 aromatic rings. The first-order valence-corrected chi connectivity index (χ1v) is 7.55. The van der Waals surface area contributed by atoms with Crippen LogP contribution in [0.3, 0.4) is 0 Å². The van der Waals surface area contributed by atoms with Crippen LogP contribution in [-0.4, -0.2) is 24.0 Å². The van der Waals surface area contributed by atoms with Crippen LogP contribution in [0.15, 0.2) is 41.6 Å².